The average Bonchev–Trinajstić information content (AvgIpc) is 3.65. The van der Waals surface area contributed by atoms with Crippen LogP contribution in [0, 0.1) is 0 Å². The highest BCUT2D eigenvalue weighted by atomic mass is 32.1. The van der Waals surface area contributed by atoms with Gasteiger partial charge in [-0.05, 0) is 51.6 Å². The van der Waals surface area contributed by atoms with Crippen molar-refractivity contribution in [3.63, 3.8) is 0 Å². The molecular formula is C50H30N4S. The third-order valence-corrected chi connectivity index (χ3v) is 11.7. The van der Waals surface area contributed by atoms with Crippen LogP contribution in [0.15, 0.2) is 182 Å². The van der Waals surface area contributed by atoms with E-state index < -0.39 is 0 Å². The Hall–Kier alpha value is -7.08. The van der Waals surface area contributed by atoms with Gasteiger partial charge in [0, 0.05) is 53.2 Å². The lowest BCUT2D eigenvalue weighted by Gasteiger charge is -2.13. The molecule has 11 rings (SSSR count). The summed E-state index contributed by atoms with van der Waals surface area (Å²) in [5.41, 5.74) is 8.33. The molecule has 0 radical (unpaired) electrons. The second-order valence-corrected chi connectivity index (χ2v) is 14.8. The normalized spacial score (nSPS) is 11.6. The van der Waals surface area contributed by atoms with Crippen molar-refractivity contribution >= 4 is 64.0 Å². The fraction of sp³-hybridized carbons (Fsp3) is 0. The smallest absolute Gasteiger partial charge is 0.164 e. The minimum absolute atomic E-state index is 0.648. The standard InChI is InChI=1S/C50H30N4S/c1-4-14-31(15-5-1)47-46-39(38-20-10-11-25-42(38)51-47)27-29-44-45(46)41-30-34(26-28-43(41)55-44)35-21-12-23-37-36(35)22-13-24-40(37)50-53-48(32-16-6-2-7-17-32)52-49(54-50)33-18-8-3-9-19-33/h1-30H. The zero-order chi connectivity index (χ0) is 36.3. The largest absolute Gasteiger partial charge is 0.247 e. The monoisotopic (exact) mass is 718 g/mol. The molecule has 0 atom stereocenters. The van der Waals surface area contributed by atoms with E-state index in [0.717, 1.165) is 55.4 Å². The number of pyridine rings is 1. The number of nitrogens with zero attached hydrogens (tertiary/aromatic N) is 4. The minimum atomic E-state index is 0.648. The van der Waals surface area contributed by atoms with Crippen LogP contribution in [0.5, 0.6) is 0 Å². The van der Waals surface area contributed by atoms with Gasteiger partial charge in [-0.3, -0.25) is 0 Å². The Morgan fingerprint density at radius 3 is 1.58 bits per heavy atom. The molecule has 8 aromatic carbocycles. The molecule has 0 saturated heterocycles. The Morgan fingerprint density at radius 1 is 0.309 bits per heavy atom. The van der Waals surface area contributed by atoms with Gasteiger partial charge in [0.15, 0.2) is 17.5 Å². The highest BCUT2D eigenvalue weighted by molar-refractivity contribution is 7.26. The second kappa shape index (κ2) is 12.8. The highest BCUT2D eigenvalue weighted by Gasteiger charge is 2.19. The van der Waals surface area contributed by atoms with Gasteiger partial charge in [-0.1, -0.05) is 158 Å². The van der Waals surface area contributed by atoms with Crippen molar-refractivity contribution in [2.75, 3.05) is 0 Å². The van der Waals surface area contributed by atoms with Gasteiger partial charge in [-0.2, -0.15) is 0 Å². The molecule has 0 aliphatic heterocycles. The van der Waals surface area contributed by atoms with Crippen molar-refractivity contribution < 1.29 is 0 Å². The molecular weight excluding hydrogens is 689 g/mol. The number of thiophene rings is 1. The Bertz CT molecular complexity index is 3190. The summed E-state index contributed by atoms with van der Waals surface area (Å²) in [6.07, 6.45) is 0. The summed E-state index contributed by atoms with van der Waals surface area (Å²) in [5.74, 6) is 1.95. The Kier molecular flexibility index (Phi) is 7.32. The molecule has 0 saturated carbocycles. The third kappa shape index (κ3) is 5.28. The van der Waals surface area contributed by atoms with Crippen LogP contribution in [0.2, 0.25) is 0 Å². The molecule has 0 unspecified atom stereocenters. The number of para-hydroxylation sites is 1. The zero-order valence-corrected chi connectivity index (χ0v) is 30.3. The number of benzene rings is 8. The van der Waals surface area contributed by atoms with Crippen molar-refractivity contribution in [2.24, 2.45) is 0 Å². The van der Waals surface area contributed by atoms with Gasteiger partial charge in [-0.25, -0.2) is 19.9 Å². The van der Waals surface area contributed by atoms with E-state index in [0.29, 0.717) is 17.5 Å². The van der Waals surface area contributed by atoms with E-state index in [1.807, 2.05) is 72.0 Å². The second-order valence-electron chi connectivity index (χ2n) is 13.8. The molecule has 0 spiro atoms. The van der Waals surface area contributed by atoms with E-state index in [9.17, 15) is 0 Å². The van der Waals surface area contributed by atoms with Crippen LogP contribution in [0.1, 0.15) is 0 Å². The molecule has 3 aromatic heterocycles. The van der Waals surface area contributed by atoms with Gasteiger partial charge in [0.1, 0.15) is 0 Å². The highest BCUT2D eigenvalue weighted by Crippen LogP contribution is 2.45. The number of aromatic nitrogens is 4. The number of fused-ring (bicyclic) bond motifs is 8. The SMILES string of the molecule is c1ccc(-c2nc(-c3ccccc3)nc(-c3cccc4c(-c5ccc6sc7ccc8c9ccccc9nc(-c9ccccc9)c8c7c6c5)cccc34)n2)cc1. The maximum absolute atomic E-state index is 5.31. The van der Waals surface area contributed by atoms with Crippen molar-refractivity contribution in [1.82, 2.24) is 19.9 Å². The first-order chi connectivity index (χ1) is 27.3. The van der Waals surface area contributed by atoms with Crippen LogP contribution in [0.25, 0.3) is 109 Å². The molecule has 0 fully saturated rings. The van der Waals surface area contributed by atoms with Crippen molar-refractivity contribution in [3.05, 3.63) is 182 Å². The van der Waals surface area contributed by atoms with Gasteiger partial charge in [-0.15, -0.1) is 11.3 Å². The van der Waals surface area contributed by atoms with Gasteiger partial charge < -0.3 is 0 Å². The Labute approximate surface area is 321 Å². The molecule has 5 heteroatoms. The number of rotatable bonds is 5. The quantitative estimate of drug-likeness (QED) is 0.166. The van der Waals surface area contributed by atoms with E-state index in [1.165, 1.54) is 36.3 Å². The molecule has 55 heavy (non-hydrogen) atoms. The molecule has 0 bridgehead atoms. The Morgan fingerprint density at radius 2 is 0.873 bits per heavy atom. The molecule has 0 amide bonds. The minimum Gasteiger partial charge on any atom is -0.247 e. The molecule has 4 nitrogen and oxygen atoms in total. The van der Waals surface area contributed by atoms with E-state index in [-0.39, 0.29) is 0 Å². The van der Waals surface area contributed by atoms with Crippen LogP contribution in [-0.2, 0) is 0 Å². The lowest BCUT2D eigenvalue weighted by molar-refractivity contribution is 1.08. The van der Waals surface area contributed by atoms with Crippen molar-refractivity contribution in [3.8, 4) is 56.5 Å². The van der Waals surface area contributed by atoms with Gasteiger partial charge in [0.25, 0.3) is 0 Å². The predicted octanol–water partition coefficient (Wildman–Crippen LogP) is 13.4. The topological polar surface area (TPSA) is 51.6 Å². The molecule has 256 valence electrons. The molecule has 0 aliphatic rings. The van der Waals surface area contributed by atoms with Crippen LogP contribution in [0.4, 0.5) is 0 Å². The first-order valence-electron chi connectivity index (χ1n) is 18.4. The van der Waals surface area contributed by atoms with Gasteiger partial charge in [0.2, 0.25) is 0 Å². The van der Waals surface area contributed by atoms with Crippen LogP contribution >= 0.6 is 11.3 Å². The molecule has 0 N–H and O–H groups in total. The Balaban J connectivity index is 1.13. The molecule has 11 aromatic rings. The van der Waals surface area contributed by atoms with Gasteiger partial charge in [0.05, 0.1) is 11.2 Å². The summed E-state index contributed by atoms with van der Waals surface area (Å²) in [5, 5.41) is 8.31. The number of hydrogen-bond acceptors (Lipinski definition) is 5. The maximum Gasteiger partial charge on any atom is 0.164 e. The molecule has 0 aliphatic carbocycles. The summed E-state index contributed by atoms with van der Waals surface area (Å²) in [4.78, 5) is 20.4. The lowest BCUT2D eigenvalue weighted by Crippen LogP contribution is -2.00. The average molecular weight is 719 g/mol. The summed E-state index contributed by atoms with van der Waals surface area (Å²) >= 11 is 1.84. The lowest BCUT2D eigenvalue weighted by atomic mass is 9.93. The van der Waals surface area contributed by atoms with E-state index in [1.54, 1.807) is 0 Å². The maximum atomic E-state index is 5.31. The van der Waals surface area contributed by atoms with Crippen molar-refractivity contribution in [1.29, 1.82) is 0 Å². The van der Waals surface area contributed by atoms with E-state index >= 15 is 0 Å². The number of hydrogen-bond donors (Lipinski definition) is 0. The van der Waals surface area contributed by atoms with Crippen LogP contribution < -0.4 is 0 Å². The van der Waals surface area contributed by atoms with Crippen LogP contribution in [-0.4, -0.2) is 19.9 Å². The first-order valence-corrected chi connectivity index (χ1v) is 19.2. The predicted molar refractivity (Wildman–Crippen MR) is 230 cm³/mol. The summed E-state index contributed by atoms with van der Waals surface area (Å²) in [6.45, 7) is 0. The fourth-order valence-electron chi connectivity index (χ4n) is 7.97. The fourth-order valence-corrected chi connectivity index (χ4v) is 9.07. The summed E-state index contributed by atoms with van der Waals surface area (Å²) in [7, 11) is 0. The summed E-state index contributed by atoms with van der Waals surface area (Å²) < 4.78 is 2.51. The van der Waals surface area contributed by atoms with Crippen LogP contribution in [0.3, 0.4) is 0 Å². The molecule has 3 heterocycles. The third-order valence-electron chi connectivity index (χ3n) is 10.5. The van der Waals surface area contributed by atoms with Crippen molar-refractivity contribution in [2.45, 2.75) is 0 Å². The van der Waals surface area contributed by atoms with Gasteiger partial charge >= 0.3 is 0 Å². The van der Waals surface area contributed by atoms with E-state index in [2.05, 4.69) is 121 Å². The van der Waals surface area contributed by atoms with E-state index in [4.69, 9.17) is 19.9 Å². The zero-order valence-electron chi connectivity index (χ0n) is 29.5. The first kappa shape index (κ1) is 31.4. The summed E-state index contributed by atoms with van der Waals surface area (Å²) in [6, 6.07) is 63.8.